The SMILES string of the molecule is COC(=O)c1c(Cc2ccc(S(C)(=O)=O)cc2)c(=O)c2ccc(C)nc2n1-c1cccc(F)c1. The minimum atomic E-state index is -3.39. The highest BCUT2D eigenvalue weighted by Gasteiger charge is 2.25. The van der Waals surface area contributed by atoms with Crippen molar-refractivity contribution in [3.63, 3.8) is 0 Å². The number of sulfone groups is 1. The van der Waals surface area contributed by atoms with Crippen LogP contribution in [0.15, 0.2) is 70.4 Å². The van der Waals surface area contributed by atoms with Gasteiger partial charge in [-0.3, -0.25) is 9.36 Å². The maximum Gasteiger partial charge on any atom is 0.355 e. The molecule has 0 fully saturated rings. The number of hydrogen-bond donors (Lipinski definition) is 0. The lowest BCUT2D eigenvalue weighted by Gasteiger charge is -2.19. The molecule has 0 aliphatic heterocycles. The zero-order valence-corrected chi connectivity index (χ0v) is 19.5. The lowest BCUT2D eigenvalue weighted by molar-refractivity contribution is 0.0590. The fourth-order valence-electron chi connectivity index (χ4n) is 3.80. The van der Waals surface area contributed by atoms with Crippen LogP contribution in [0, 0.1) is 12.7 Å². The number of benzene rings is 2. The molecule has 2 heterocycles. The van der Waals surface area contributed by atoms with Crippen LogP contribution in [0.1, 0.15) is 27.3 Å². The number of halogens is 1. The third-order valence-corrected chi connectivity index (χ3v) is 6.56. The van der Waals surface area contributed by atoms with Crippen LogP contribution in [0.3, 0.4) is 0 Å². The number of esters is 1. The number of hydrogen-bond acceptors (Lipinski definition) is 6. The zero-order valence-electron chi connectivity index (χ0n) is 18.7. The number of fused-ring (bicyclic) bond motifs is 1. The Morgan fingerprint density at radius 1 is 1.09 bits per heavy atom. The first-order valence-electron chi connectivity index (χ1n) is 10.3. The van der Waals surface area contributed by atoms with Gasteiger partial charge in [-0.05, 0) is 55.0 Å². The van der Waals surface area contributed by atoms with E-state index in [2.05, 4.69) is 4.98 Å². The van der Waals surface area contributed by atoms with Crippen molar-refractivity contribution < 1.29 is 22.3 Å². The first-order chi connectivity index (χ1) is 16.1. The van der Waals surface area contributed by atoms with Gasteiger partial charge in [0.1, 0.15) is 17.2 Å². The summed E-state index contributed by atoms with van der Waals surface area (Å²) in [6.07, 6.45) is 1.12. The van der Waals surface area contributed by atoms with Crippen molar-refractivity contribution in [2.75, 3.05) is 13.4 Å². The molecule has 0 saturated heterocycles. The summed E-state index contributed by atoms with van der Waals surface area (Å²) in [5.41, 5.74) is 1.36. The molecule has 34 heavy (non-hydrogen) atoms. The fraction of sp³-hybridized carbons (Fsp3) is 0.160. The quantitative estimate of drug-likeness (QED) is 0.405. The molecule has 0 N–H and O–H groups in total. The van der Waals surface area contributed by atoms with Gasteiger partial charge in [-0.15, -0.1) is 0 Å². The van der Waals surface area contributed by atoms with Crippen LogP contribution in [0.4, 0.5) is 4.39 Å². The van der Waals surface area contributed by atoms with Gasteiger partial charge in [0.2, 0.25) is 0 Å². The molecule has 9 heteroatoms. The van der Waals surface area contributed by atoms with Crippen LogP contribution >= 0.6 is 0 Å². The number of rotatable bonds is 5. The minimum Gasteiger partial charge on any atom is -0.464 e. The summed E-state index contributed by atoms with van der Waals surface area (Å²) in [4.78, 5) is 31.1. The van der Waals surface area contributed by atoms with Crippen LogP contribution in [0.2, 0.25) is 0 Å². The van der Waals surface area contributed by atoms with E-state index in [0.29, 0.717) is 16.9 Å². The van der Waals surface area contributed by atoms with Gasteiger partial charge in [0, 0.05) is 23.9 Å². The summed E-state index contributed by atoms with van der Waals surface area (Å²) in [5.74, 6) is -1.31. The Bertz CT molecular complexity index is 1590. The van der Waals surface area contributed by atoms with Gasteiger partial charge in [-0.1, -0.05) is 18.2 Å². The highest BCUT2D eigenvalue weighted by molar-refractivity contribution is 7.90. The van der Waals surface area contributed by atoms with Gasteiger partial charge in [0.25, 0.3) is 0 Å². The first kappa shape index (κ1) is 23.3. The molecule has 4 aromatic rings. The number of methoxy groups -OCH3 is 1. The van der Waals surface area contributed by atoms with Crippen LogP contribution in [-0.2, 0) is 21.0 Å². The molecule has 0 atom stereocenters. The second kappa shape index (κ2) is 8.83. The number of pyridine rings is 2. The molecule has 7 nitrogen and oxygen atoms in total. The predicted molar refractivity (Wildman–Crippen MR) is 126 cm³/mol. The second-order valence-electron chi connectivity index (χ2n) is 7.88. The van der Waals surface area contributed by atoms with E-state index < -0.39 is 27.1 Å². The molecule has 0 bridgehead atoms. The summed E-state index contributed by atoms with van der Waals surface area (Å²) in [7, 11) is -2.19. The third kappa shape index (κ3) is 4.34. The molecule has 0 unspecified atom stereocenters. The molecule has 0 saturated carbocycles. The van der Waals surface area contributed by atoms with Gasteiger partial charge >= 0.3 is 5.97 Å². The molecule has 4 rings (SSSR count). The van der Waals surface area contributed by atoms with Gasteiger partial charge in [0.15, 0.2) is 15.3 Å². The number of aryl methyl sites for hydroxylation is 1. The smallest absolute Gasteiger partial charge is 0.355 e. The maximum atomic E-state index is 14.1. The molecule has 2 aromatic heterocycles. The number of carbonyl (C=O) groups is 1. The number of aromatic nitrogens is 2. The van der Waals surface area contributed by atoms with Crippen LogP contribution in [0.25, 0.3) is 16.7 Å². The van der Waals surface area contributed by atoms with Gasteiger partial charge in [-0.25, -0.2) is 22.6 Å². The Morgan fingerprint density at radius 2 is 1.79 bits per heavy atom. The van der Waals surface area contributed by atoms with E-state index in [1.165, 1.54) is 42.0 Å². The largest absolute Gasteiger partial charge is 0.464 e. The average molecular weight is 481 g/mol. The Morgan fingerprint density at radius 3 is 2.41 bits per heavy atom. The fourth-order valence-corrected chi connectivity index (χ4v) is 4.43. The van der Waals surface area contributed by atoms with E-state index in [0.717, 1.165) is 6.26 Å². The first-order valence-corrected chi connectivity index (χ1v) is 12.2. The molecular weight excluding hydrogens is 459 g/mol. The van der Waals surface area contributed by atoms with E-state index in [4.69, 9.17) is 4.74 Å². The molecule has 0 radical (unpaired) electrons. The highest BCUT2D eigenvalue weighted by Crippen LogP contribution is 2.24. The Labute approximate surface area is 195 Å². The normalized spacial score (nSPS) is 11.5. The number of ether oxygens (including phenoxy) is 1. The van der Waals surface area contributed by atoms with Gasteiger partial charge in [-0.2, -0.15) is 0 Å². The highest BCUT2D eigenvalue weighted by atomic mass is 32.2. The standard InChI is InChI=1S/C25H21FN2O5S/c1-15-7-12-20-23(29)21(13-16-8-10-19(11-9-16)34(3,31)32)22(25(30)33-2)28(24(20)27-15)18-6-4-5-17(26)14-18/h4-12,14H,13H2,1-3H3. The van der Waals surface area contributed by atoms with Crippen molar-refractivity contribution in [3.05, 3.63) is 99.2 Å². The third-order valence-electron chi connectivity index (χ3n) is 5.43. The lowest BCUT2D eigenvalue weighted by Crippen LogP contribution is -2.25. The minimum absolute atomic E-state index is 0.0203. The van der Waals surface area contributed by atoms with E-state index in [-0.39, 0.29) is 33.6 Å². The zero-order chi connectivity index (χ0) is 24.6. The van der Waals surface area contributed by atoms with Crippen molar-refractivity contribution in [1.29, 1.82) is 0 Å². The second-order valence-corrected chi connectivity index (χ2v) is 9.90. The monoisotopic (exact) mass is 480 g/mol. The van der Waals surface area contributed by atoms with E-state index in [9.17, 15) is 22.4 Å². The molecule has 0 aliphatic rings. The van der Waals surface area contributed by atoms with Crippen molar-refractivity contribution >= 4 is 26.8 Å². The summed E-state index contributed by atoms with van der Waals surface area (Å²) >= 11 is 0. The molecule has 0 spiro atoms. The molecule has 174 valence electrons. The van der Waals surface area contributed by atoms with Crippen LogP contribution in [-0.4, -0.2) is 37.3 Å². The molecule has 0 amide bonds. The topological polar surface area (TPSA) is 95.3 Å². The van der Waals surface area contributed by atoms with E-state index >= 15 is 0 Å². The van der Waals surface area contributed by atoms with E-state index in [1.54, 1.807) is 37.3 Å². The summed E-state index contributed by atoms with van der Waals surface area (Å²) < 4.78 is 44.2. The van der Waals surface area contributed by atoms with Crippen molar-refractivity contribution in [2.24, 2.45) is 0 Å². The van der Waals surface area contributed by atoms with Gasteiger partial charge < -0.3 is 4.74 Å². The van der Waals surface area contributed by atoms with E-state index in [1.807, 2.05) is 0 Å². The summed E-state index contributed by atoms with van der Waals surface area (Å²) in [6, 6.07) is 15.0. The van der Waals surface area contributed by atoms with Crippen molar-refractivity contribution in [1.82, 2.24) is 9.55 Å². The Balaban J connectivity index is 2.05. The number of carbonyl (C=O) groups excluding carboxylic acids is 1. The average Bonchev–Trinajstić information content (AvgIpc) is 2.79. The van der Waals surface area contributed by atoms with Crippen LogP contribution < -0.4 is 5.43 Å². The lowest BCUT2D eigenvalue weighted by atomic mass is 10.00. The maximum absolute atomic E-state index is 14.1. The van der Waals surface area contributed by atoms with Gasteiger partial charge in [0.05, 0.1) is 23.1 Å². The molecule has 0 aliphatic carbocycles. The van der Waals surface area contributed by atoms with Crippen LogP contribution in [0.5, 0.6) is 0 Å². The number of nitrogens with zero attached hydrogens (tertiary/aromatic N) is 2. The Hall–Kier alpha value is -3.85. The predicted octanol–water partition coefficient (Wildman–Crippen LogP) is 3.61. The summed E-state index contributed by atoms with van der Waals surface area (Å²) in [5, 5.41) is 0.255. The Kier molecular flexibility index (Phi) is 6.05. The van der Waals surface area contributed by atoms with Crippen molar-refractivity contribution in [2.45, 2.75) is 18.2 Å². The summed E-state index contributed by atoms with van der Waals surface area (Å²) in [6.45, 7) is 1.74. The molecular formula is C25H21FN2O5S. The van der Waals surface area contributed by atoms with Crippen molar-refractivity contribution in [3.8, 4) is 5.69 Å². The molecule has 2 aromatic carbocycles.